The number of hydrogen-bond donors (Lipinski definition) is 1. The minimum Gasteiger partial charge on any atom is -0.493 e. The zero-order valence-corrected chi connectivity index (χ0v) is 18.2. The number of nitriles is 1. The number of alkyl halides is 3. The number of carboxylic acids is 1. The fraction of sp³-hybridized carbons (Fsp3) is 0.174. The SMILES string of the molecule is COc1ccc(-c2cc(C(F)(F)F)c(C#N)c(S[C@@H](C(=O)O)c3ccccc3)n2)cc1OC. The fourth-order valence-corrected chi connectivity index (χ4v) is 4.12. The minimum absolute atomic E-state index is 0.0954. The van der Waals surface area contributed by atoms with Gasteiger partial charge in [-0.2, -0.15) is 18.4 Å². The summed E-state index contributed by atoms with van der Waals surface area (Å²) in [6.45, 7) is 0. The highest BCUT2D eigenvalue weighted by atomic mass is 32.2. The maximum Gasteiger partial charge on any atom is 0.417 e. The zero-order valence-electron chi connectivity index (χ0n) is 17.4. The van der Waals surface area contributed by atoms with E-state index in [4.69, 9.17) is 9.47 Å². The van der Waals surface area contributed by atoms with E-state index in [2.05, 4.69) is 4.98 Å². The molecule has 1 N–H and O–H groups in total. The number of carboxylic acid groups (broad SMARTS) is 1. The van der Waals surface area contributed by atoms with Crippen LogP contribution in [-0.2, 0) is 11.0 Å². The fourth-order valence-electron chi connectivity index (χ4n) is 3.08. The van der Waals surface area contributed by atoms with Gasteiger partial charge in [-0.3, -0.25) is 4.79 Å². The van der Waals surface area contributed by atoms with Gasteiger partial charge in [0.05, 0.1) is 31.0 Å². The lowest BCUT2D eigenvalue weighted by atomic mass is 10.0. The van der Waals surface area contributed by atoms with Gasteiger partial charge in [-0.15, -0.1) is 0 Å². The Bertz CT molecular complexity index is 1210. The van der Waals surface area contributed by atoms with Gasteiger partial charge in [-0.1, -0.05) is 42.1 Å². The summed E-state index contributed by atoms with van der Waals surface area (Å²) in [7, 11) is 2.80. The number of hydrogen-bond acceptors (Lipinski definition) is 6. The number of benzene rings is 2. The molecule has 1 heterocycles. The first-order valence-electron chi connectivity index (χ1n) is 9.38. The second-order valence-electron chi connectivity index (χ2n) is 6.66. The van der Waals surface area contributed by atoms with Crippen molar-refractivity contribution in [1.82, 2.24) is 4.98 Å². The van der Waals surface area contributed by atoms with Crippen LogP contribution < -0.4 is 9.47 Å². The monoisotopic (exact) mass is 474 g/mol. The van der Waals surface area contributed by atoms with Crippen molar-refractivity contribution in [2.45, 2.75) is 16.5 Å². The summed E-state index contributed by atoms with van der Waals surface area (Å²) < 4.78 is 51.9. The summed E-state index contributed by atoms with van der Waals surface area (Å²) in [4.78, 5) is 16.2. The molecule has 0 radical (unpaired) electrons. The molecule has 0 aliphatic rings. The van der Waals surface area contributed by atoms with E-state index in [1.165, 1.54) is 32.4 Å². The number of halogens is 3. The molecular weight excluding hydrogens is 457 g/mol. The van der Waals surface area contributed by atoms with Crippen molar-refractivity contribution in [1.29, 1.82) is 5.26 Å². The van der Waals surface area contributed by atoms with Crippen LogP contribution in [0.25, 0.3) is 11.3 Å². The third-order valence-electron chi connectivity index (χ3n) is 4.64. The van der Waals surface area contributed by atoms with E-state index >= 15 is 0 Å². The quantitative estimate of drug-likeness (QED) is 0.447. The molecular formula is C23H17F3N2O4S. The van der Waals surface area contributed by atoms with E-state index in [-0.39, 0.29) is 22.0 Å². The van der Waals surface area contributed by atoms with Gasteiger partial charge in [0.2, 0.25) is 0 Å². The van der Waals surface area contributed by atoms with Gasteiger partial charge in [-0.05, 0) is 29.8 Å². The lowest BCUT2D eigenvalue weighted by molar-refractivity contribution is -0.138. The standard InChI is InChI=1S/C23H17F3N2O4S/c1-31-18-9-8-14(10-19(18)32-2)17-11-16(23(24,25)26)15(12-27)21(28-17)33-20(22(29)30)13-6-4-3-5-7-13/h3-11,20H,1-2H3,(H,29,30)/t20-/m1/s1. The number of methoxy groups -OCH3 is 2. The predicted molar refractivity (Wildman–Crippen MR) is 115 cm³/mol. The highest BCUT2D eigenvalue weighted by Crippen LogP contribution is 2.43. The number of ether oxygens (including phenoxy) is 2. The molecule has 0 aliphatic carbocycles. The first-order valence-corrected chi connectivity index (χ1v) is 10.3. The van der Waals surface area contributed by atoms with Gasteiger partial charge in [0, 0.05) is 5.56 Å². The summed E-state index contributed by atoms with van der Waals surface area (Å²) in [5.74, 6) is -0.630. The molecule has 1 atom stereocenters. The molecule has 0 spiro atoms. The predicted octanol–water partition coefficient (Wildman–Crippen LogP) is 5.57. The van der Waals surface area contributed by atoms with E-state index in [1.807, 2.05) is 0 Å². The van der Waals surface area contributed by atoms with Gasteiger partial charge in [-0.25, -0.2) is 4.98 Å². The van der Waals surface area contributed by atoms with Crippen molar-refractivity contribution >= 4 is 17.7 Å². The van der Waals surface area contributed by atoms with Crippen LogP contribution in [0.15, 0.2) is 59.6 Å². The molecule has 0 aliphatic heterocycles. The number of pyridine rings is 1. The van der Waals surface area contributed by atoms with Gasteiger partial charge >= 0.3 is 12.1 Å². The molecule has 0 bridgehead atoms. The number of aromatic nitrogens is 1. The molecule has 33 heavy (non-hydrogen) atoms. The maximum atomic E-state index is 13.8. The Morgan fingerprint density at radius 2 is 1.76 bits per heavy atom. The molecule has 6 nitrogen and oxygen atoms in total. The Hall–Kier alpha value is -3.71. The molecule has 170 valence electrons. The second-order valence-corrected chi connectivity index (χ2v) is 7.76. The molecule has 2 aromatic carbocycles. The number of thioether (sulfide) groups is 1. The topological polar surface area (TPSA) is 92.4 Å². The number of rotatable bonds is 7. The third kappa shape index (κ3) is 5.21. The van der Waals surface area contributed by atoms with Gasteiger partial charge in [0.25, 0.3) is 0 Å². The average Bonchev–Trinajstić information content (AvgIpc) is 2.81. The summed E-state index contributed by atoms with van der Waals surface area (Å²) in [6, 6.07) is 14.8. The highest BCUT2D eigenvalue weighted by molar-refractivity contribution is 8.00. The van der Waals surface area contributed by atoms with E-state index in [0.717, 1.165) is 6.07 Å². The van der Waals surface area contributed by atoms with Crippen LogP contribution in [0.3, 0.4) is 0 Å². The number of nitrogens with zero attached hydrogens (tertiary/aromatic N) is 2. The van der Waals surface area contributed by atoms with Gasteiger partial charge in [0.15, 0.2) is 11.5 Å². The van der Waals surface area contributed by atoms with E-state index < -0.39 is 28.5 Å². The van der Waals surface area contributed by atoms with Gasteiger partial charge < -0.3 is 14.6 Å². The Morgan fingerprint density at radius 3 is 2.30 bits per heavy atom. The third-order valence-corrected chi connectivity index (χ3v) is 5.87. The summed E-state index contributed by atoms with van der Waals surface area (Å²) in [5.41, 5.74) is -1.41. The van der Waals surface area contributed by atoms with Crippen molar-refractivity contribution in [3.63, 3.8) is 0 Å². The summed E-state index contributed by atoms with van der Waals surface area (Å²) in [6.07, 6.45) is -4.86. The van der Waals surface area contributed by atoms with Crippen molar-refractivity contribution in [3.8, 4) is 28.8 Å². The molecule has 0 amide bonds. The van der Waals surface area contributed by atoms with Crippen molar-refractivity contribution < 1.29 is 32.5 Å². The molecule has 0 unspecified atom stereocenters. The first-order chi connectivity index (χ1) is 15.7. The molecule has 10 heteroatoms. The van der Waals surface area contributed by atoms with Crippen LogP contribution in [-0.4, -0.2) is 30.3 Å². The lowest BCUT2D eigenvalue weighted by Gasteiger charge is -2.17. The van der Waals surface area contributed by atoms with Crippen LogP contribution in [0.5, 0.6) is 11.5 Å². The molecule has 1 aromatic heterocycles. The maximum absolute atomic E-state index is 13.8. The highest BCUT2D eigenvalue weighted by Gasteiger charge is 2.37. The molecule has 0 saturated heterocycles. The van der Waals surface area contributed by atoms with E-state index in [1.54, 1.807) is 36.4 Å². The molecule has 0 saturated carbocycles. The zero-order chi connectivity index (χ0) is 24.2. The van der Waals surface area contributed by atoms with Crippen LogP contribution in [0, 0.1) is 11.3 Å². The summed E-state index contributed by atoms with van der Waals surface area (Å²) >= 11 is 0.569. The Labute approximate surface area is 191 Å². The van der Waals surface area contributed by atoms with E-state index in [0.29, 0.717) is 23.1 Å². The first kappa shape index (κ1) is 23.9. The van der Waals surface area contributed by atoms with Crippen LogP contribution >= 0.6 is 11.8 Å². The number of aliphatic carboxylic acids is 1. The van der Waals surface area contributed by atoms with Crippen molar-refractivity contribution in [3.05, 3.63) is 71.3 Å². The van der Waals surface area contributed by atoms with Crippen molar-refractivity contribution in [2.24, 2.45) is 0 Å². The Balaban J connectivity index is 2.21. The molecule has 3 rings (SSSR count). The average molecular weight is 474 g/mol. The van der Waals surface area contributed by atoms with Crippen LogP contribution in [0.4, 0.5) is 13.2 Å². The summed E-state index contributed by atoms with van der Waals surface area (Å²) in [5, 5.41) is 17.6. The second kappa shape index (κ2) is 9.83. The number of carbonyl (C=O) groups is 1. The lowest BCUT2D eigenvalue weighted by Crippen LogP contribution is -2.13. The van der Waals surface area contributed by atoms with E-state index in [9.17, 15) is 28.3 Å². The molecule has 0 fully saturated rings. The Kier molecular flexibility index (Phi) is 7.13. The minimum atomic E-state index is -4.86. The van der Waals surface area contributed by atoms with Crippen LogP contribution in [0.2, 0.25) is 0 Å². The molecule has 3 aromatic rings. The van der Waals surface area contributed by atoms with Gasteiger partial charge in [0.1, 0.15) is 16.3 Å². The van der Waals surface area contributed by atoms with Crippen molar-refractivity contribution in [2.75, 3.05) is 14.2 Å². The largest absolute Gasteiger partial charge is 0.493 e. The Morgan fingerprint density at radius 1 is 1.09 bits per heavy atom. The normalized spacial score (nSPS) is 12.0. The smallest absolute Gasteiger partial charge is 0.417 e. The van der Waals surface area contributed by atoms with Crippen LogP contribution in [0.1, 0.15) is 21.9 Å².